The molecule has 1 aliphatic heterocycles. The fourth-order valence-electron chi connectivity index (χ4n) is 1.79. The van der Waals surface area contributed by atoms with Crippen molar-refractivity contribution in [2.24, 2.45) is 4.99 Å². The minimum Gasteiger partial charge on any atom is -0.256 e. The lowest BCUT2D eigenvalue weighted by Crippen LogP contribution is -1.86. The van der Waals surface area contributed by atoms with E-state index in [1.165, 1.54) is 26.4 Å². The molecule has 2 heteroatoms. The van der Waals surface area contributed by atoms with Gasteiger partial charge in [-0.05, 0) is 13.0 Å². The zero-order chi connectivity index (χ0) is 8.84. The molecule has 0 unspecified atom stereocenters. The van der Waals surface area contributed by atoms with E-state index >= 15 is 0 Å². The summed E-state index contributed by atoms with van der Waals surface area (Å²) < 4.78 is 1.36. The summed E-state index contributed by atoms with van der Waals surface area (Å²) in [5.74, 6) is 0. The van der Waals surface area contributed by atoms with Gasteiger partial charge in [-0.1, -0.05) is 18.2 Å². The molecule has 2 aromatic rings. The van der Waals surface area contributed by atoms with E-state index < -0.39 is 0 Å². The summed E-state index contributed by atoms with van der Waals surface area (Å²) in [7, 11) is 0. The molecule has 0 radical (unpaired) electrons. The van der Waals surface area contributed by atoms with Gasteiger partial charge in [0, 0.05) is 27.1 Å². The highest BCUT2D eigenvalue weighted by atomic mass is 32.1. The van der Waals surface area contributed by atoms with Gasteiger partial charge >= 0.3 is 0 Å². The Kier molecular flexibility index (Phi) is 1.35. The van der Waals surface area contributed by atoms with E-state index in [4.69, 9.17) is 0 Å². The van der Waals surface area contributed by atoms with Crippen LogP contribution in [0.4, 0.5) is 5.69 Å². The summed E-state index contributed by atoms with van der Waals surface area (Å²) in [6, 6.07) is 8.50. The van der Waals surface area contributed by atoms with Gasteiger partial charge < -0.3 is 0 Å². The van der Waals surface area contributed by atoms with Gasteiger partial charge in [0.15, 0.2) is 0 Å². The fraction of sp³-hybridized carbons (Fsp3) is 0.182. The number of rotatable bonds is 0. The van der Waals surface area contributed by atoms with Crippen LogP contribution in [0.3, 0.4) is 0 Å². The Hall–Kier alpha value is -1.15. The first-order chi connectivity index (χ1) is 6.34. The van der Waals surface area contributed by atoms with Crippen LogP contribution in [-0.2, 0) is 6.42 Å². The van der Waals surface area contributed by atoms with Gasteiger partial charge in [-0.15, -0.1) is 11.3 Å². The second kappa shape index (κ2) is 2.42. The maximum Gasteiger partial charge on any atom is 0.0850 e. The van der Waals surface area contributed by atoms with Crippen molar-refractivity contribution in [1.29, 1.82) is 0 Å². The molecule has 0 N–H and O–H groups in total. The van der Waals surface area contributed by atoms with Crippen LogP contribution in [0.25, 0.3) is 10.1 Å². The highest BCUT2D eigenvalue weighted by Crippen LogP contribution is 2.41. The minimum absolute atomic E-state index is 1.05. The van der Waals surface area contributed by atoms with Crippen molar-refractivity contribution in [1.82, 2.24) is 0 Å². The number of thiophene rings is 1. The molecule has 0 spiro atoms. The lowest BCUT2D eigenvalue weighted by molar-refractivity contribution is 1.47. The van der Waals surface area contributed by atoms with Crippen molar-refractivity contribution in [3.05, 3.63) is 29.1 Å². The van der Waals surface area contributed by atoms with Gasteiger partial charge in [-0.3, -0.25) is 4.99 Å². The zero-order valence-corrected chi connectivity index (χ0v) is 8.19. The monoisotopic (exact) mass is 187 g/mol. The Bertz CT molecular complexity index is 508. The van der Waals surface area contributed by atoms with Gasteiger partial charge in [0.2, 0.25) is 0 Å². The van der Waals surface area contributed by atoms with Crippen LogP contribution in [0.15, 0.2) is 29.3 Å². The second-order valence-electron chi connectivity index (χ2n) is 3.39. The van der Waals surface area contributed by atoms with Crippen molar-refractivity contribution in [3.63, 3.8) is 0 Å². The molecular formula is C11H9NS. The fourth-order valence-corrected chi connectivity index (χ4v) is 3.01. The van der Waals surface area contributed by atoms with Gasteiger partial charge in [-0.2, -0.15) is 0 Å². The number of nitrogens with zero attached hydrogens (tertiary/aromatic N) is 1. The van der Waals surface area contributed by atoms with Gasteiger partial charge in [0.25, 0.3) is 0 Å². The topological polar surface area (TPSA) is 12.4 Å². The van der Waals surface area contributed by atoms with E-state index in [9.17, 15) is 0 Å². The quantitative estimate of drug-likeness (QED) is 0.598. The third-order valence-electron chi connectivity index (χ3n) is 2.36. The van der Waals surface area contributed by atoms with Crippen LogP contribution in [0.1, 0.15) is 11.8 Å². The molecule has 3 rings (SSSR count). The van der Waals surface area contributed by atoms with Gasteiger partial charge in [0.05, 0.1) is 5.69 Å². The van der Waals surface area contributed by atoms with E-state index in [0.29, 0.717) is 0 Å². The molecule has 13 heavy (non-hydrogen) atoms. The summed E-state index contributed by atoms with van der Waals surface area (Å²) in [6.07, 6.45) is 1.05. The number of benzene rings is 1. The maximum absolute atomic E-state index is 4.57. The van der Waals surface area contributed by atoms with Crippen molar-refractivity contribution in [2.45, 2.75) is 13.3 Å². The predicted molar refractivity (Wildman–Crippen MR) is 58.3 cm³/mol. The molecule has 0 bridgehead atoms. The molecule has 2 heterocycles. The van der Waals surface area contributed by atoms with E-state index in [1.54, 1.807) is 0 Å². The standard InChI is InChI=1S/C11H9NS/c1-7-6-10-11(12-7)8-4-2-3-5-9(8)13-10/h2-5H,6H2,1H3. The van der Waals surface area contributed by atoms with Crippen LogP contribution >= 0.6 is 11.3 Å². The molecule has 1 aliphatic rings. The lowest BCUT2D eigenvalue weighted by Gasteiger charge is -1.89. The van der Waals surface area contributed by atoms with Gasteiger partial charge in [-0.25, -0.2) is 0 Å². The molecule has 0 saturated carbocycles. The number of hydrogen-bond acceptors (Lipinski definition) is 2. The van der Waals surface area contributed by atoms with Crippen LogP contribution in [0.2, 0.25) is 0 Å². The highest BCUT2D eigenvalue weighted by molar-refractivity contribution is 7.20. The lowest BCUT2D eigenvalue weighted by atomic mass is 10.2. The summed E-state index contributed by atoms with van der Waals surface area (Å²) in [4.78, 5) is 6.00. The predicted octanol–water partition coefficient (Wildman–Crippen LogP) is 3.55. The number of aliphatic imine (C=N–C) groups is 1. The highest BCUT2D eigenvalue weighted by Gasteiger charge is 2.16. The Balaban J connectivity index is 2.41. The molecule has 0 atom stereocenters. The van der Waals surface area contributed by atoms with Crippen molar-refractivity contribution in [3.8, 4) is 0 Å². The molecule has 0 saturated heterocycles. The van der Waals surface area contributed by atoms with Crippen LogP contribution in [-0.4, -0.2) is 5.71 Å². The van der Waals surface area contributed by atoms with E-state index in [-0.39, 0.29) is 0 Å². The third-order valence-corrected chi connectivity index (χ3v) is 3.52. The SMILES string of the molecule is CC1=Nc2c(sc3ccccc23)C1. The average Bonchev–Trinajstić information content (AvgIpc) is 2.60. The number of fused-ring (bicyclic) bond motifs is 3. The summed E-state index contributed by atoms with van der Waals surface area (Å²) in [5.41, 5.74) is 2.46. The Morgan fingerprint density at radius 3 is 3.08 bits per heavy atom. The molecule has 1 aromatic carbocycles. The average molecular weight is 187 g/mol. The van der Waals surface area contributed by atoms with Crippen molar-refractivity contribution in [2.75, 3.05) is 0 Å². The van der Waals surface area contributed by atoms with Crippen LogP contribution in [0, 0.1) is 0 Å². The summed E-state index contributed by atoms with van der Waals surface area (Å²) >= 11 is 1.88. The molecule has 0 aliphatic carbocycles. The molecule has 1 aromatic heterocycles. The Morgan fingerprint density at radius 2 is 2.15 bits per heavy atom. The maximum atomic E-state index is 4.57. The minimum atomic E-state index is 1.05. The molecular weight excluding hydrogens is 178 g/mol. The Morgan fingerprint density at radius 1 is 1.31 bits per heavy atom. The first kappa shape index (κ1) is 7.27. The molecule has 1 nitrogen and oxygen atoms in total. The third kappa shape index (κ3) is 0.954. The molecule has 0 fully saturated rings. The van der Waals surface area contributed by atoms with Crippen molar-refractivity contribution < 1.29 is 0 Å². The largest absolute Gasteiger partial charge is 0.256 e. The second-order valence-corrected chi connectivity index (χ2v) is 4.53. The Labute approximate surface area is 80.7 Å². The first-order valence-corrected chi connectivity index (χ1v) is 5.21. The smallest absolute Gasteiger partial charge is 0.0850 e. The summed E-state index contributed by atoms with van der Waals surface area (Å²) in [5, 5.41) is 1.32. The van der Waals surface area contributed by atoms with Crippen LogP contribution < -0.4 is 0 Å². The van der Waals surface area contributed by atoms with Crippen molar-refractivity contribution >= 4 is 32.8 Å². The molecule has 0 amide bonds. The zero-order valence-electron chi connectivity index (χ0n) is 7.37. The van der Waals surface area contributed by atoms with E-state index in [2.05, 4.69) is 36.2 Å². The van der Waals surface area contributed by atoms with E-state index in [0.717, 1.165) is 6.42 Å². The first-order valence-electron chi connectivity index (χ1n) is 4.39. The normalized spacial score (nSPS) is 14.7. The van der Waals surface area contributed by atoms with E-state index in [1.807, 2.05) is 11.3 Å². The van der Waals surface area contributed by atoms with Gasteiger partial charge in [0.1, 0.15) is 0 Å². The number of hydrogen-bond donors (Lipinski definition) is 0. The van der Waals surface area contributed by atoms with Crippen LogP contribution in [0.5, 0.6) is 0 Å². The summed E-state index contributed by atoms with van der Waals surface area (Å²) in [6.45, 7) is 2.10. The molecule has 64 valence electrons.